The summed E-state index contributed by atoms with van der Waals surface area (Å²) in [4.78, 5) is 8.53. The maximum absolute atomic E-state index is 4.67. The van der Waals surface area contributed by atoms with Gasteiger partial charge in [0, 0.05) is 29.7 Å². The van der Waals surface area contributed by atoms with Crippen molar-refractivity contribution in [3.05, 3.63) is 11.1 Å². The molecule has 0 amide bonds. The summed E-state index contributed by atoms with van der Waals surface area (Å²) >= 11 is 1.86. The van der Waals surface area contributed by atoms with Gasteiger partial charge in [0.05, 0.1) is 0 Å². The van der Waals surface area contributed by atoms with Gasteiger partial charge in [-0.25, -0.2) is 4.98 Å². The fourth-order valence-corrected chi connectivity index (χ4v) is 3.91. The van der Waals surface area contributed by atoms with Crippen molar-refractivity contribution in [2.24, 2.45) is 0 Å². The largest absolute Gasteiger partial charge is 0.345 e. The third-order valence-electron chi connectivity index (χ3n) is 3.99. The highest BCUT2D eigenvalue weighted by atomic mass is 32.1. The third-order valence-corrected chi connectivity index (χ3v) is 5.21. The van der Waals surface area contributed by atoms with Crippen LogP contribution in [-0.4, -0.2) is 24.1 Å². The summed E-state index contributed by atoms with van der Waals surface area (Å²) in [6.07, 6.45) is 8.69. The molecule has 0 radical (unpaired) electrons. The van der Waals surface area contributed by atoms with E-state index in [2.05, 4.69) is 42.2 Å². The Balaban J connectivity index is 2.01. The minimum absolute atomic E-state index is 0.425. The minimum atomic E-state index is 0.425. The van der Waals surface area contributed by atoms with Gasteiger partial charge in [0.2, 0.25) is 0 Å². The van der Waals surface area contributed by atoms with Gasteiger partial charge in [-0.1, -0.05) is 19.8 Å². The molecule has 19 heavy (non-hydrogen) atoms. The minimum Gasteiger partial charge on any atom is -0.345 e. The number of rotatable bonds is 7. The highest BCUT2D eigenvalue weighted by Crippen LogP contribution is 2.32. The van der Waals surface area contributed by atoms with Crippen LogP contribution in [0.4, 0.5) is 5.13 Å². The smallest absolute Gasteiger partial charge is 0.185 e. The Bertz CT molecular complexity index is 371. The molecule has 3 nitrogen and oxygen atoms in total. The van der Waals surface area contributed by atoms with Gasteiger partial charge in [0.1, 0.15) is 0 Å². The van der Waals surface area contributed by atoms with Crippen LogP contribution in [0, 0.1) is 0 Å². The van der Waals surface area contributed by atoms with Crippen LogP contribution in [0.25, 0.3) is 0 Å². The zero-order valence-corrected chi connectivity index (χ0v) is 13.3. The number of nitrogens with zero attached hydrogens (tertiary/aromatic N) is 2. The van der Waals surface area contributed by atoms with Crippen LogP contribution < -0.4 is 10.2 Å². The number of hydrogen-bond acceptors (Lipinski definition) is 4. The summed E-state index contributed by atoms with van der Waals surface area (Å²) in [5.74, 6) is 0. The summed E-state index contributed by atoms with van der Waals surface area (Å²) in [6.45, 7) is 8.84. The molecule has 1 aliphatic rings. The second-order valence-corrected chi connectivity index (χ2v) is 6.49. The van der Waals surface area contributed by atoms with E-state index in [1.54, 1.807) is 0 Å². The first-order chi connectivity index (χ1) is 9.26. The third kappa shape index (κ3) is 3.69. The van der Waals surface area contributed by atoms with E-state index < -0.39 is 0 Å². The topological polar surface area (TPSA) is 28.2 Å². The maximum atomic E-state index is 4.67. The molecule has 1 aromatic heterocycles. The quantitative estimate of drug-likeness (QED) is 0.819. The molecular formula is C15H27N3S. The van der Waals surface area contributed by atoms with E-state index in [1.807, 2.05) is 11.3 Å². The van der Waals surface area contributed by atoms with Gasteiger partial charge in [0.15, 0.2) is 5.13 Å². The second kappa shape index (κ2) is 7.25. The first kappa shape index (κ1) is 14.8. The van der Waals surface area contributed by atoms with Crippen molar-refractivity contribution in [3.8, 4) is 0 Å². The molecule has 1 unspecified atom stereocenters. The van der Waals surface area contributed by atoms with E-state index in [9.17, 15) is 0 Å². The van der Waals surface area contributed by atoms with Gasteiger partial charge in [0.25, 0.3) is 0 Å². The Kier molecular flexibility index (Phi) is 5.64. The Labute approximate surface area is 121 Å². The molecule has 1 N–H and O–H groups in total. The van der Waals surface area contributed by atoms with Gasteiger partial charge in [-0.3, -0.25) is 0 Å². The highest BCUT2D eigenvalue weighted by Gasteiger charge is 2.24. The first-order valence-corrected chi connectivity index (χ1v) is 8.53. The van der Waals surface area contributed by atoms with E-state index >= 15 is 0 Å². The predicted octanol–water partition coefficient (Wildman–Crippen LogP) is 3.97. The maximum Gasteiger partial charge on any atom is 0.185 e. The van der Waals surface area contributed by atoms with Crippen LogP contribution in [0.15, 0.2) is 6.20 Å². The van der Waals surface area contributed by atoms with E-state index in [0.29, 0.717) is 6.04 Å². The molecule has 2 rings (SSSR count). The normalized spacial score (nSPS) is 17.8. The molecule has 1 fully saturated rings. The van der Waals surface area contributed by atoms with Gasteiger partial charge >= 0.3 is 0 Å². The van der Waals surface area contributed by atoms with Crippen LogP contribution in [0.2, 0.25) is 0 Å². The number of aromatic nitrogens is 1. The van der Waals surface area contributed by atoms with Crippen LogP contribution in [0.1, 0.15) is 63.8 Å². The fourth-order valence-electron chi connectivity index (χ4n) is 2.84. The lowest BCUT2D eigenvalue weighted by Crippen LogP contribution is -2.32. The molecule has 1 heterocycles. The predicted molar refractivity (Wildman–Crippen MR) is 84.1 cm³/mol. The number of hydrogen-bond donors (Lipinski definition) is 1. The van der Waals surface area contributed by atoms with Crippen LogP contribution in [0.3, 0.4) is 0 Å². The summed E-state index contributed by atoms with van der Waals surface area (Å²) in [5, 5.41) is 4.76. The molecule has 0 aromatic carbocycles. The molecule has 1 aromatic rings. The lowest BCUT2D eigenvalue weighted by molar-refractivity contribution is 0.577. The summed E-state index contributed by atoms with van der Waals surface area (Å²) in [5.41, 5.74) is 0. The van der Waals surface area contributed by atoms with Crippen molar-refractivity contribution in [3.63, 3.8) is 0 Å². The number of nitrogens with one attached hydrogen (secondary N) is 1. The van der Waals surface area contributed by atoms with Gasteiger partial charge < -0.3 is 10.2 Å². The second-order valence-electron chi connectivity index (χ2n) is 5.45. The Hall–Kier alpha value is -0.610. The Morgan fingerprint density at radius 1 is 1.42 bits per heavy atom. The molecule has 1 saturated carbocycles. The first-order valence-electron chi connectivity index (χ1n) is 7.72. The Morgan fingerprint density at radius 3 is 2.79 bits per heavy atom. The zero-order valence-electron chi connectivity index (χ0n) is 12.5. The van der Waals surface area contributed by atoms with Crippen LogP contribution in [0.5, 0.6) is 0 Å². The zero-order chi connectivity index (χ0) is 13.7. The number of thiazole rings is 1. The van der Waals surface area contributed by atoms with Crippen LogP contribution >= 0.6 is 11.3 Å². The molecule has 0 bridgehead atoms. The van der Waals surface area contributed by atoms with E-state index in [0.717, 1.165) is 19.1 Å². The monoisotopic (exact) mass is 281 g/mol. The van der Waals surface area contributed by atoms with E-state index in [-0.39, 0.29) is 0 Å². The van der Waals surface area contributed by atoms with Gasteiger partial charge in [-0.05, 0) is 39.7 Å². The lowest BCUT2D eigenvalue weighted by atomic mass is 10.2. The van der Waals surface area contributed by atoms with Crippen molar-refractivity contribution >= 4 is 16.5 Å². The lowest BCUT2D eigenvalue weighted by Gasteiger charge is -2.27. The fraction of sp³-hybridized carbons (Fsp3) is 0.800. The van der Waals surface area contributed by atoms with E-state index in [1.165, 1.54) is 42.1 Å². The summed E-state index contributed by atoms with van der Waals surface area (Å²) in [6, 6.07) is 1.15. The molecule has 0 aliphatic heterocycles. The van der Waals surface area contributed by atoms with E-state index in [4.69, 9.17) is 0 Å². The molecule has 0 spiro atoms. The van der Waals surface area contributed by atoms with Crippen molar-refractivity contribution < 1.29 is 0 Å². The molecule has 1 atom stereocenters. The van der Waals surface area contributed by atoms with Crippen molar-refractivity contribution in [1.29, 1.82) is 0 Å². The highest BCUT2D eigenvalue weighted by molar-refractivity contribution is 7.15. The average Bonchev–Trinajstić information content (AvgIpc) is 3.08. The summed E-state index contributed by atoms with van der Waals surface area (Å²) in [7, 11) is 0. The standard InChI is InChI=1S/C15H27N3S/c1-4-10-16-12(3)14-11-17-15(19-14)18(5-2)13-8-6-7-9-13/h11-13,16H,4-10H2,1-3H3. The molecule has 0 saturated heterocycles. The SMILES string of the molecule is CCCNC(C)c1cnc(N(CC)C2CCCC2)s1. The van der Waals surface area contributed by atoms with Gasteiger partial charge in [-0.2, -0.15) is 0 Å². The van der Waals surface area contributed by atoms with Crippen molar-refractivity contribution in [2.75, 3.05) is 18.0 Å². The molecular weight excluding hydrogens is 254 g/mol. The van der Waals surface area contributed by atoms with Crippen molar-refractivity contribution in [2.45, 2.75) is 65.0 Å². The average molecular weight is 281 g/mol. The summed E-state index contributed by atoms with van der Waals surface area (Å²) < 4.78 is 0. The van der Waals surface area contributed by atoms with Gasteiger partial charge in [-0.15, -0.1) is 11.3 Å². The molecule has 1 aliphatic carbocycles. The van der Waals surface area contributed by atoms with Crippen molar-refractivity contribution in [1.82, 2.24) is 10.3 Å². The van der Waals surface area contributed by atoms with Crippen LogP contribution in [-0.2, 0) is 0 Å². The molecule has 108 valence electrons. The number of anilines is 1. The Morgan fingerprint density at radius 2 is 2.16 bits per heavy atom. The molecule has 4 heteroatoms.